The zero-order valence-corrected chi connectivity index (χ0v) is 26.4. The van der Waals surface area contributed by atoms with Crippen molar-refractivity contribution >= 4 is 11.9 Å². The standard InChI is InChI=1S/C35H40FN3O6/c1-20-15-23(36)16-21(2)32(20)45-29-13-8-22(35(3,4)43)17-26(29)27-19-37(5)31(40)18-30(27)44-25-11-9-24(10-12-25)39-33(41)28-7-6-14-38(28)34(39)42/h8,13,15-19,24-25,28,43H,6-7,9-12,14H2,1-5H3/t24-,25-,28-/m0/s1. The monoisotopic (exact) mass is 617 g/mol. The SMILES string of the molecule is Cc1cc(F)cc(C)c1Oc1ccc(C(C)(C)O)cc1-c1cn(C)c(=O)cc1O[C@H]1CC[C@H](N2C(=O)[C@@H]3CCCN3C2=O)CC1. The summed E-state index contributed by atoms with van der Waals surface area (Å²) in [7, 11) is 1.66. The lowest BCUT2D eigenvalue weighted by atomic mass is 9.91. The molecule has 2 aliphatic heterocycles. The van der Waals surface area contributed by atoms with Gasteiger partial charge in [0.25, 0.3) is 11.5 Å². The molecule has 3 heterocycles. The second kappa shape index (κ2) is 11.6. The Labute approximate surface area is 262 Å². The topological polar surface area (TPSA) is 101 Å². The molecule has 1 saturated carbocycles. The zero-order chi connectivity index (χ0) is 32.2. The van der Waals surface area contributed by atoms with Crippen LogP contribution in [0.25, 0.3) is 11.1 Å². The van der Waals surface area contributed by atoms with E-state index in [1.807, 2.05) is 6.07 Å². The van der Waals surface area contributed by atoms with E-state index < -0.39 is 5.60 Å². The van der Waals surface area contributed by atoms with E-state index >= 15 is 0 Å². The highest BCUT2D eigenvalue weighted by molar-refractivity contribution is 6.04. The number of ether oxygens (including phenoxy) is 2. The number of nitrogens with zero attached hydrogens (tertiary/aromatic N) is 3. The fourth-order valence-corrected chi connectivity index (χ4v) is 6.87. The van der Waals surface area contributed by atoms with Crippen LogP contribution < -0.4 is 15.0 Å². The van der Waals surface area contributed by atoms with Crippen LogP contribution in [-0.4, -0.2) is 56.1 Å². The van der Waals surface area contributed by atoms with Crippen LogP contribution in [0.5, 0.6) is 17.2 Å². The predicted molar refractivity (Wildman–Crippen MR) is 167 cm³/mol. The third-order valence-corrected chi connectivity index (χ3v) is 9.33. The molecule has 0 bridgehead atoms. The largest absolute Gasteiger partial charge is 0.490 e. The number of rotatable bonds is 7. The molecule has 45 heavy (non-hydrogen) atoms. The van der Waals surface area contributed by atoms with Crippen LogP contribution in [0, 0.1) is 19.7 Å². The van der Waals surface area contributed by atoms with Gasteiger partial charge < -0.3 is 24.0 Å². The average Bonchev–Trinajstić information content (AvgIpc) is 3.55. The second-order valence-corrected chi connectivity index (χ2v) is 13.1. The minimum absolute atomic E-state index is 0.0819. The quantitative estimate of drug-likeness (QED) is 0.329. The van der Waals surface area contributed by atoms with Crippen LogP contribution in [0.1, 0.15) is 69.1 Å². The molecule has 0 radical (unpaired) electrons. The average molecular weight is 618 g/mol. The molecule has 9 nitrogen and oxygen atoms in total. The first-order chi connectivity index (χ1) is 21.3. The predicted octanol–water partition coefficient (Wildman–Crippen LogP) is 5.94. The molecule has 3 amide bonds. The molecule has 10 heteroatoms. The summed E-state index contributed by atoms with van der Waals surface area (Å²) in [6.07, 6.45) is 5.52. The molecule has 3 aliphatic rings. The summed E-state index contributed by atoms with van der Waals surface area (Å²) in [5.41, 5.74) is 1.70. The van der Waals surface area contributed by atoms with E-state index in [1.54, 1.807) is 58.0 Å². The molecule has 1 N–H and O–H groups in total. The van der Waals surface area contributed by atoms with Crippen molar-refractivity contribution < 1.29 is 28.6 Å². The second-order valence-electron chi connectivity index (χ2n) is 13.1. The molecule has 0 unspecified atom stereocenters. The van der Waals surface area contributed by atoms with Crippen molar-refractivity contribution in [3.63, 3.8) is 0 Å². The highest BCUT2D eigenvalue weighted by Gasteiger charge is 2.50. The number of pyridine rings is 1. The van der Waals surface area contributed by atoms with Crippen LogP contribution in [0.3, 0.4) is 0 Å². The van der Waals surface area contributed by atoms with Gasteiger partial charge in [-0.3, -0.25) is 14.5 Å². The van der Waals surface area contributed by atoms with Gasteiger partial charge in [-0.05, 0) is 107 Å². The lowest BCUT2D eigenvalue weighted by molar-refractivity contribution is -0.130. The van der Waals surface area contributed by atoms with E-state index in [-0.39, 0.29) is 41.5 Å². The van der Waals surface area contributed by atoms with Crippen molar-refractivity contribution in [3.8, 4) is 28.4 Å². The van der Waals surface area contributed by atoms with Gasteiger partial charge in [0.15, 0.2) is 0 Å². The minimum atomic E-state index is -1.16. The Morgan fingerprint density at radius 3 is 2.24 bits per heavy atom. The maximum atomic E-state index is 14.1. The number of benzene rings is 2. The number of fused-ring (bicyclic) bond motifs is 1. The van der Waals surface area contributed by atoms with Crippen molar-refractivity contribution in [1.82, 2.24) is 14.4 Å². The molecule has 238 valence electrons. The lowest BCUT2D eigenvalue weighted by Gasteiger charge is -2.34. The minimum Gasteiger partial charge on any atom is -0.490 e. The summed E-state index contributed by atoms with van der Waals surface area (Å²) in [5.74, 6) is 0.921. The summed E-state index contributed by atoms with van der Waals surface area (Å²) in [5, 5.41) is 10.9. The van der Waals surface area contributed by atoms with Crippen molar-refractivity contribution in [2.45, 2.75) is 90.0 Å². The summed E-state index contributed by atoms with van der Waals surface area (Å²) >= 11 is 0. The van der Waals surface area contributed by atoms with Gasteiger partial charge in [-0.1, -0.05) is 6.07 Å². The Bertz CT molecular complexity index is 1670. The molecule has 0 spiro atoms. The van der Waals surface area contributed by atoms with E-state index in [1.165, 1.54) is 27.7 Å². The fourth-order valence-electron chi connectivity index (χ4n) is 6.87. The first-order valence-corrected chi connectivity index (χ1v) is 15.6. The Balaban J connectivity index is 1.31. The molecular weight excluding hydrogens is 577 g/mol. The smallest absolute Gasteiger partial charge is 0.327 e. The molecular formula is C35H40FN3O6. The van der Waals surface area contributed by atoms with E-state index in [4.69, 9.17) is 9.47 Å². The fraction of sp³-hybridized carbons (Fsp3) is 0.457. The number of amides is 3. The number of urea groups is 1. The van der Waals surface area contributed by atoms with Crippen LogP contribution >= 0.6 is 0 Å². The Morgan fingerprint density at radius 1 is 0.911 bits per heavy atom. The van der Waals surface area contributed by atoms with Gasteiger partial charge in [-0.15, -0.1) is 0 Å². The van der Waals surface area contributed by atoms with Gasteiger partial charge in [0.1, 0.15) is 29.1 Å². The van der Waals surface area contributed by atoms with Crippen molar-refractivity contribution in [2.24, 2.45) is 7.05 Å². The Morgan fingerprint density at radius 2 is 1.60 bits per heavy atom. The zero-order valence-electron chi connectivity index (χ0n) is 26.4. The number of halogens is 1. The van der Waals surface area contributed by atoms with Gasteiger partial charge >= 0.3 is 6.03 Å². The Kier molecular flexibility index (Phi) is 7.97. The summed E-state index contributed by atoms with van der Waals surface area (Å²) in [6.45, 7) is 7.58. The third kappa shape index (κ3) is 5.83. The highest BCUT2D eigenvalue weighted by Crippen LogP contribution is 2.43. The van der Waals surface area contributed by atoms with Gasteiger partial charge in [0, 0.05) is 43.0 Å². The number of aryl methyl sites for hydroxylation is 3. The number of imide groups is 1. The molecule has 1 aromatic heterocycles. The summed E-state index contributed by atoms with van der Waals surface area (Å²) in [4.78, 5) is 42.0. The van der Waals surface area contributed by atoms with Crippen molar-refractivity contribution in [2.75, 3.05) is 6.54 Å². The van der Waals surface area contributed by atoms with E-state index in [0.717, 1.165) is 12.8 Å². The molecule has 2 aromatic carbocycles. The van der Waals surface area contributed by atoms with E-state index in [0.29, 0.717) is 77.3 Å². The molecule has 6 rings (SSSR count). The normalized spacial score (nSPS) is 21.8. The summed E-state index contributed by atoms with van der Waals surface area (Å²) < 4.78 is 28.5. The molecule has 3 fully saturated rings. The number of hydrogen-bond acceptors (Lipinski definition) is 6. The number of carbonyl (C=O) groups excluding carboxylic acids is 2. The van der Waals surface area contributed by atoms with Gasteiger partial charge in [0.05, 0.1) is 11.7 Å². The molecule has 1 atom stereocenters. The van der Waals surface area contributed by atoms with Gasteiger partial charge in [0.2, 0.25) is 0 Å². The maximum Gasteiger partial charge on any atom is 0.327 e. The van der Waals surface area contributed by atoms with Gasteiger partial charge in [-0.2, -0.15) is 0 Å². The highest BCUT2D eigenvalue weighted by atomic mass is 19.1. The van der Waals surface area contributed by atoms with E-state index in [2.05, 4.69) is 0 Å². The first kappa shape index (κ1) is 30.8. The van der Waals surface area contributed by atoms with Crippen LogP contribution in [0.15, 0.2) is 47.4 Å². The maximum absolute atomic E-state index is 14.1. The van der Waals surface area contributed by atoms with Crippen LogP contribution in [0.4, 0.5) is 9.18 Å². The van der Waals surface area contributed by atoms with Crippen molar-refractivity contribution in [3.05, 3.63) is 75.5 Å². The molecule has 1 aliphatic carbocycles. The van der Waals surface area contributed by atoms with Gasteiger partial charge in [-0.25, -0.2) is 9.18 Å². The number of carbonyl (C=O) groups is 2. The van der Waals surface area contributed by atoms with Crippen LogP contribution in [-0.2, 0) is 17.4 Å². The van der Waals surface area contributed by atoms with Crippen LogP contribution in [0.2, 0.25) is 0 Å². The number of aliphatic hydroxyl groups is 1. The van der Waals surface area contributed by atoms with Crippen molar-refractivity contribution in [1.29, 1.82) is 0 Å². The lowest BCUT2D eigenvalue weighted by Crippen LogP contribution is -2.44. The number of aromatic nitrogens is 1. The first-order valence-electron chi connectivity index (χ1n) is 15.6. The number of hydrogen-bond donors (Lipinski definition) is 1. The molecule has 3 aromatic rings. The summed E-state index contributed by atoms with van der Waals surface area (Å²) in [6, 6.07) is 9.00. The molecule has 2 saturated heterocycles. The Hall–Kier alpha value is -4.18. The third-order valence-electron chi connectivity index (χ3n) is 9.33. The van der Waals surface area contributed by atoms with E-state index in [9.17, 15) is 23.9 Å².